The summed E-state index contributed by atoms with van der Waals surface area (Å²) >= 11 is 0. The van der Waals surface area contributed by atoms with Gasteiger partial charge in [-0.05, 0) is 44.0 Å². The highest BCUT2D eigenvalue weighted by molar-refractivity contribution is 5.92. The lowest BCUT2D eigenvalue weighted by atomic mass is 10.0. The van der Waals surface area contributed by atoms with Crippen LogP contribution in [0.25, 0.3) is 17.0 Å². The van der Waals surface area contributed by atoms with Crippen LogP contribution in [0.5, 0.6) is 0 Å². The van der Waals surface area contributed by atoms with E-state index < -0.39 is 0 Å². The molecule has 2 aliphatic rings. The molecule has 4 heterocycles. The van der Waals surface area contributed by atoms with Gasteiger partial charge in [0.05, 0.1) is 23.0 Å². The SMILES string of the molecule is C=C1NCCc2[nH]c(-c3ccncc3C#CC3CCCN3)c(Nc3cccc(F)c3CC)c21. The van der Waals surface area contributed by atoms with Crippen LogP contribution in [-0.2, 0) is 12.8 Å². The molecule has 1 fully saturated rings. The lowest BCUT2D eigenvalue weighted by Gasteiger charge is -2.20. The van der Waals surface area contributed by atoms with Gasteiger partial charge < -0.3 is 20.9 Å². The normalized spacial score (nSPS) is 17.2. The molecule has 1 saturated heterocycles. The third-order valence-electron chi connectivity index (χ3n) is 6.36. The predicted molar refractivity (Wildman–Crippen MR) is 132 cm³/mol. The Morgan fingerprint density at radius 3 is 3.00 bits per heavy atom. The first kappa shape index (κ1) is 21.3. The average Bonchev–Trinajstić information content (AvgIpc) is 3.47. The number of rotatable bonds is 4. The zero-order chi connectivity index (χ0) is 22.8. The minimum absolute atomic E-state index is 0.204. The van der Waals surface area contributed by atoms with Crippen LogP contribution >= 0.6 is 0 Å². The second-order valence-corrected chi connectivity index (χ2v) is 8.47. The van der Waals surface area contributed by atoms with E-state index in [9.17, 15) is 4.39 Å². The minimum atomic E-state index is -0.204. The fourth-order valence-electron chi connectivity index (χ4n) is 4.68. The Morgan fingerprint density at radius 1 is 1.27 bits per heavy atom. The maximum absolute atomic E-state index is 14.5. The Bertz CT molecular complexity index is 1260. The van der Waals surface area contributed by atoms with Crippen LogP contribution in [0.1, 0.15) is 42.1 Å². The third-order valence-corrected chi connectivity index (χ3v) is 6.36. The quantitative estimate of drug-likeness (QED) is 0.442. The molecule has 0 aliphatic carbocycles. The van der Waals surface area contributed by atoms with Gasteiger partial charge in [0.2, 0.25) is 0 Å². The lowest BCUT2D eigenvalue weighted by Crippen LogP contribution is -2.21. The van der Waals surface area contributed by atoms with Crippen LogP contribution in [0.4, 0.5) is 15.8 Å². The number of nitrogens with zero attached hydrogens (tertiary/aromatic N) is 1. The van der Waals surface area contributed by atoms with Crippen molar-refractivity contribution in [2.24, 2.45) is 0 Å². The largest absolute Gasteiger partial charge is 0.385 e. The monoisotopic (exact) mass is 441 g/mol. The van der Waals surface area contributed by atoms with Gasteiger partial charge in [0, 0.05) is 59.1 Å². The van der Waals surface area contributed by atoms with E-state index in [1.165, 1.54) is 6.07 Å². The molecule has 1 aromatic carbocycles. The zero-order valence-corrected chi connectivity index (χ0v) is 18.8. The number of pyridine rings is 1. The molecule has 2 aliphatic heterocycles. The Kier molecular flexibility index (Phi) is 5.89. The summed E-state index contributed by atoms with van der Waals surface area (Å²) in [5.74, 6) is 6.50. The van der Waals surface area contributed by atoms with E-state index in [0.717, 1.165) is 77.5 Å². The molecule has 168 valence electrons. The van der Waals surface area contributed by atoms with Crippen LogP contribution in [0.3, 0.4) is 0 Å². The predicted octanol–water partition coefficient (Wildman–Crippen LogP) is 4.74. The molecule has 33 heavy (non-hydrogen) atoms. The van der Waals surface area contributed by atoms with Crippen LogP contribution < -0.4 is 16.0 Å². The van der Waals surface area contributed by atoms with Gasteiger partial charge in [-0.1, -0.05) is 31.4 Å². The number of anilines is 2. The van der Waals surface area contributed by atoms with E-state index >= 15 is 0 Å². The Morgan fingerprint density at radius 2 is 2.18 bits per heavy atom. The molecule has 5 nitrogen and oxygen atoms in total. The molecular weight excluding hydrogens is 413 g/mol. The molecular formula is C27H28FN5. The van der Waals surface area contributed by atoms with Crippen molar-refractivity contribution in [1.29, 1.82) is 0 Å². The standard InChI is InChI=1S/C27H28FN5/c1-3-20-22(28)7-4-8-23(20)32-27-25-17(2)30-15-12-24(25)33-26(27)21-11-14-29-16-18(21)9-10-19-6-5-13-31-19/h4,7-8,11,14,16,19,30-33H,2-3,5-6,12-13,15H2,1H3. The highest BCUT2D eigenvalue weighted by Gasteiger charge is 2.25. The van der Waals surface area contributed by atoms with Crippen molar-refractivity contribution in [2.75, 3.05) is 18.4 Å². The molecule has 0 saturated carbocycles. The molecule has 3 aromatic rings. The number of fused-ring (bicyclic) bond motifs is 1. The molecule has 0 amide bonds. The fourth-order valence-corrected chi connectivity index (χ4v) is 4.68. The van der Waals surface area contributed by atoms with Crippen molar-refractivity contribution >= 4 is 17.1 Å². The average molecular weight is 442 g/mol. The van der Waals surface area contributed by atoms with Gasteiger partial charge in [-0.25, -0.2) is 4.39 Å². The molecule has 1 atom stereocenters. The topological polar surface area (TPSA) is 64.8 Å². The first-order chi connectivity index (χ1) is 16.2. The van der Waals surface area contributed by atoms with E-state index in [1.807, 2.05) is 25.3 Å². The number of aromatic nitrogens is 2. The Labute approximate surface area is 193 Å². The number of H-pyrrole nitrogens is 1. The third kappa shape index (κ3) is 4.12. The van der Waals surface area contributed by atoms with Gasteiger partial charge in [-0.2, -0.15) is 0 Å². The van der Waals surface area contributed by atoms with E-state index in [-0.39, 0.29) is 11.9 Å². The van der Waals surface area contributed by atoms with Crippen molar-refractivity contribution in [3.05, 3.63) is 71.4 Å². The van der Waals surface area contributed by atoms with Crippen LogP contribution in [0, 0.1) is 17.7 Å². The summed E-state index contributed by atoms with van der Waals surface area (Å²) in [6.07, 6.45) is 7.26. The van der Waals surface area contributed by atoms with E-state index in [2.05, 4.69) is 44.3 Å². The maximum atomic E-state index is 14.5. The van der Waals surface area contributed by atoms with Crippen molar-refractivity contribution in [3.63, 3.8) is 0 Å². The van der Waals surface area contributed by atoms with E-state index in [1.54, 1.807) is 12.3 Å². The van der Waals surface area contributed by atoms with Crippen LogP contribution in [0.15, 0.2) is 43.2 Å². The minimum Gasteiger partial charge on any atom is -0.385 e. The van der Waals surface area contributed by atoms with Crippen molar-refractivity contribution in [1.82, 2.24) is 20.6 Å². The maximum Gasteiger partial charge on any atom is 0.128 e. The molecule has 0 spiro atoms. The summed E-state index contributed by atoms with van der Waals surface area (Å²) in [5.41, 5.74) is 8.03. The van der Waals surface area contributed by atoms with Crippen LogP contribution in [-0.4, -0.2) is 29.1 Å². The highest BCUT2D eigenvalue weighted by Crippen LogP contribution is 2.41. The van der Waals surface area contributed by atoms with Crippen LogP contribution in [0.2, 0.25) is 0 Å². The number of hydrogen-bond donors (Lipinski definition) is 4. The van der Waals surface area contributed by atoms with Gasteiger partial charge >= 0.3 is 0 Å². The fraction of sp³-hybridized carbons (Fsp3) is 0.296. The summed E-state index contributed by atoms with van der Waals surface area (Å²) in [7, 11) is 0. The summed E-state index contributed by atoms with van der Waals surface area (Å²) in [4.78, 5) is 7.95. The molecule has 0 radical (unpaired) electrons. The second-order valence-electron chi connectivity index (χ2n) is 8.47. The summed E-state index contributed by atoms with van der Waals surface area (Å²) in [6, 6.07) is 7.36. The highest BCUT2D eigenvalue weighted by atomic mass is 19.1. The smallest absolute Gasteiger partial charge is 0.128 e. The van der Waals surface area contributed by atoms with Crippen molar-refractivity contribution < 1.29 is 4.39 Å². The molecule has 1 unspecified atom stereocenters. The van der Waals surface area contributed by atoms with Gasteiger partial charge in [-0.15, -0.1) is 0 Å². The van der Waals surface area contributed by atoms with E-state index in [4.69, 9.17) is 0 Å². The first-order valence-electron chi connectivity index (χ1n) is 11.6. The Hall–Kier alpha value is -3.56. The molecule has 5 rings (SSSR count). The number of aromatic amines is 1. The summed E-state index contributed by atoms with van der Waals surface area (Å²) in [6.45, 7) is 8.04. The van der Waals surface area contributed by atoms with Gasteiger partial charge in [0.15, 0.2) is 0 Å². The number of hydrogen-bond acceptors (Lipinski definition) is 4. The van der Waals surface area contributed by atoms with Gasteiger partial charge in [0.1, 0.15) is 5.82 Å². The first-order valence-corrected chi connectivity index (χ1v) is 11.6. The molecule has 4 N–H and O–H groups in total. The number of nitrogens with one attached hydrogen (secondary N) is 4. The number of benzene rings is 1. The summed E-state index contributed by atoms with van der Waals surface area (Å²) < 4.78 is 14.5. The van der Waals surface area contributed by atoms with Crippen molar-refractivity contribution in [3.8, 4) is 23.1 Å². The van der Waals surface area contributed by atoms with Gasteiger partial charge in [-0.3, -0.25) is 4.98 Å². The summed E-state index contributed by atoms with van der Waals surface area (Å²) in [5, 5.41) is 10.3. The molecule has 0 bridgehead atoms. The number of halogens is 1. The van der Waals surface area contributed by atoms with E-state index in [0.29, 0.717) is 12.0 Å². The second kappa shape index (κ2) is 9.13. The zero-order valence-electron chi connectivity index (χ0n) is 18.8. The molecule has 2 aromatic heterocycles. The Balaban J connectivity index is 1.64. The van der Waals surface area contributed by atoms with Crippen molar-refractivity contribution in [2.45, 2.75) is 38.6 Å². The molecule has 6 heteroatoms. The van der Waals surface area contributed by atoms with Gasteiger partial charge in [0.25, 0.3) is 0 Å². The lowest BCUT2D eigenvalue weighted by molar-refractivity contribution is 0.613.